The molecule has 44 heavy (non-hydrogen) atoms. The van der Waals surface area contributed by atoms with Crippen molar-refractivity contribution in [3.05, 3.63) is 77.4 Å². The van der Waals surface area contributed by atoms with Gasteiger partial charge >= 0.3 is 0 Å². The summed E-state index contributed by atoms with van der Waals surface area (Å²) in [5.41, 5.74) is 5.36. The Hall–Kier alpha value is -3.36. The normalized spacial score (nSPS) is 11.1. The number of benzene rings is 3. The number of thioether (sulfide) groups is 1. The summed E-state index contributed by atoms with van der Waals surface area (Å²) in [6.07, 6.45) is 11.9. The number of amides is 2. The summed E-state index contributed by atoms with van der Waals surface area (Å²) in [5.74, 6) is 0.856. The molecule has 0 fully saturated rings. The number of carbonyl (C=O) groups excluding carboxylic acids is 2. The number of rotatable bonds is 18. The zero-order valence-electron chi connectivity index (χ0n) is 26.2. The van der Waals surface area contributed by atoms with E-state index in [0.29, 0.717) is 17.9 Å². The molecular formula is C36H45N3O3S2. The molecule has 0 radical (unpaired) electrons. The maximum Gasteiger partial charge on any atom is 0.255 e. The van der Waals surface area contributed by atoms with Gasteiger partial charge in [0.2, 0.25) is 5.91 Å². The molecule has 4 rings (SSSR count). The number of hydrogen-bond acceptors (Lipinski definition) is 6. The molecular weight excluding hydrogens is 587 g/mol. The number of fused-ring (bicyclic) bond motifs is 1. The lowest BCUT2D eigenvalue weighted by Gasteiger charge is -2.14. The second-order valence-corrected chi connectivity index (χ2v) is 13.2. The third-order valence-electron chi connectivity index (χ3n) is 7.60. The molecule has 0 saturated carbocycles. The van der Waals surface area contributed by atoms with E-state index in [0.717, 1.165) is 56.4 Å². The van der Waals surface area contributed by atoms with Crippen molar-refractivity contribution in [1.82, 2.24) is 4.98 Å². The van der Waals surface area contributed by atoms with Gasteiger partial charge in [-0.2, -0.15) is 0 Å². The molecule has 0 atom stereocenters. The van der Waals surface area contributed by atoms with Gasteiger partial charge in [-0.15, -0.1) is 11.3 Å². The summed E-state index contributed by atoms with van der Waals surface area (Å²) in [5, 5.41) is 6.11. The molecule has 0 aliphatic heterocycles. The molecule has 2 N–H and O–H groups in total. The highest BCUT2D eigenvalue weighted by Gasteiger charge is 2.13. The fourth-order valence-electron chi connectivity index (χ4n) is 5.08. The molecule has 4 aromatic rings. The predicted octanol–water partition coefficient (Wildman–Crippen LogP) is 9.92. The van der Waals surface area contributed by atoms with Crippen LogP contribution in [-0.2, 0) is 17.6 Å². The zero-order chi connectivity index (χ0) is 31.1. The summed E-state index contributed by atoms with van der Waals surface area (Å²) in [6, 6.07) is 19.2. The molecule has 2 amide bonds. The van der Waals surface area contributed by atoms with E-state index in [2.05, 4.69) is 48.5 Å². The Balaban J connectivity index is 1.23. The number of nitrogens with one attached hydrogen (secondary N) is 2. The van der Waals surface area contributed by atoms with Crippen LogP contribution in [0.1, 0.15) is 93.6 Å². The van der Waals surface area contributed by atoms with E-state index in [1.807, 2.05) is 36.4 Å². The Bertz CT molecular complexity index is 1480. The molecule has 8 heteroatoms. The number of thiazole rings is 1. The van der Waals surface area contributed by atoms with Gasteiger partial charge in [0.25, 0.3) is 5.91 Å². The van der Waals surface area contributed by atoms with Crippen molar-refractivity contribution in [1.29, 1.82) is 0 Å². The van der Waals surface area contributed by atoms with Gasteiger partial charge in [0.1, 0.15) is 5.75 Å². The average Bonchev–Trinajstić information content (AvgIpc) is 3.45. The quantitative estimate of drug-likeness (QED) is 0.0844. The Labute approximate surface area is 270 Å². The van der Waals surface area contributed by atoms with Gasteiger partial charge in [0, 0.05) is 16.9 Å². The Morgan fingerprint density at radius 2 is 1.50 bits per heavy atom. The summed E-state index contributed by atoms with van der Waals surface area (Å²) in [6.45, 7) is 7.14. The second-order valence-electron chi connectivity index (χ2n) is 11.0. The van der Waals surface area contributed by atoms with Crippen LogP contribution in [0.25, 0.3) is 10.2 Å². The molecule has 0 aliphatic carbocycles. The Kier molecular flexibility index (Phi) is 13.6. The lowest BCUT2D eigenvalue weighted by Crippen LogP contribution is -2.16. The Morgan fingerprint density at radius 3 is 2.18 bits per heavy atom. The largest absolute Gasteiger partial charge is 0.494 e. The number of anilines is 2. The highest BCUT2D eigenvalue weighted by molar-refractivity contribution is 8.01. The van der Waals surface area contributed by atoms with Crippen molar-refractivity contribution >= 4 is 56.5 Å². The molecule has 0 bridgehead atoms. The first-order valence-corrected chi connectivity index (χ1v) is 17.8. The number of para-hydroxylation sites is 1. The number of nitrogens with zero attached hydrogens (tertiary/aromatic N) is 1. The second kappa shape index (κ2) is 17.8. The van der Waals surface area contributed by atoms with Crippen molar-refractivity contribution in [2.24, 2.45) is 0 Å². The van der Waals surface area contributed by atoms with Gasteiger partial charge in [0.05, 0.1) is 22.6 Å². The number of unbranched alkanes of at least 4 members (excludes halogenated alkanes) is 7. The first kappa shape index (κ1) is 33.5. The van der Waals surface area contributed by atoms with Crippen LogP contribution in [0.4, 0.5) is 11.4 Å². The van der Waals surface area contributed by atoms with Crippen LogP contribution in [-0.4, -0.2) is 29.2 Å². The number of carbonyl (C=O) groups is 2. The smallest absolute Gasteiger partial charge is 0.255 e. The Morgan fingerprint density at radius 1 is 0.818 bits per heavy atom. The molecule has 0 spiro atoms. The van der Waals surface area contributed by atoms with Crippen molar-refractivity contribution in [3.63, 3.8) is 0 Å². The molecule has 0 aliphatic rings. The molecule has 0 unspecified atom stereocenters. The van der Waals surface area contributed by atoms with Crippen LogP contribution in [0.3, 0.4) is 0 Å². The lowest BCUT2D eigenvalue weighted by atomic mass is 10.0. The van der Waals surface area contributed by atoms with E-state index in [-0.39, 0.29) is 17.6 Å². The number of ether oxygens (including phenoxy) is 1. The highest BCUT2D eigenvalue weighted by Crippen LogP contribution is 2.32. The lowest BCUT2D eigenvalue weighted by molar-refractivity contribution is -0.113. The van der Waals surface area contributed by atoms with E-state index in [4.69, 9.17) is 4.74 Å². The average molecular weight is 632 g/mol. The SMILES string of the molecule is CCCCCCCCCCOc1ccc(C(=O)Nc2ccc3nc(SCC(=O)Nc4c(CC)cccc4CC)sc3c2)cc1. The topological polar surface area (TPSA) is 80.3 Å². The van der Waals surface area contributed by atoms with Gasteiger partial charge in [0.15, 0.2) is 4.34 Å². The third-order valence-corrected chi connectivity index (χ3v) is 9.76. The minimum Gasteiger partial charge on any atom is -0.494 e. The van der Waals surface area contributed by atoms with E-state index < -0.39 is 0 Å². The van der Waals surface area contributed by atoms with E-state index >= 15 is 0 Å². The minimum atomic E-state index is -0.173. The number of aryl methyl sites for hydroxylation is 2. The van der Waals surface area contributed by atoms with Crippen LogP contribution in [0.15, 0.2) is 65.0 Å². The van der Waals surface area contributed by atoms with Gasteiger partial charge in [-0.3, -0.25) is 9.59 Å². The fraction of sp³-hybridized carbons (Fsp3) is 0.417. The van der Waals surface area contributed by atoms with Gasteiger partial charge in [-0.25, -0.2) is 4.98 Å². The minimum absolute atomic E-state index is 0.0395. The summed E-state index contributed by atoms with van der Waals surface area (Å²) in [7, 11) is 0. The standard InChI is InChI=1S/C36H45N3O3S2/c1-4-7-8-9-10-11-12-13-23-42-30-20-17-28(18-21-30)35(41)37-29-19-22-31-32(24-29)44-36(38-31)43-25-33(40)39-34-26(5-2)15-14-16-27(34)6-3/h14-22,24H,4-13,23,25H2,1-3H3,(H,37,41)(H,39,40). The van der Waals surface area contributed by atoms with Gasteiger partial charge < -0.3 is 15.4 Å². The van der Waals surface area contributed by atoms with Crippen LogP contribution in [0.2, 0.25) is 0 Å². The van der Waals surface area contributed by atoms with Crippen molar-refractivity contribution in [2.75, 3.05) is 23.0 Å². The van der Waals surface area contributed by atoms with Crippen LogP contribution >= 0.6 is 23.1 Å². The highest BCUT2D eigenvalue weighted by atomic mass is 32.2. The van der Waals surface area contributed by atoms with Crippen LogP contribution in [0.5, 0.6) is 5.75 Å². The fourth-order valence-corrected chi connectivity index (χ4v) is 6.99. The van der Waals surface area contributed by atoms with Crippen molar-refractivity contribution in [2.45, 2.75) is 89.3 Å². The monoisotopic (exact) mass is 631 g/mol. The first-order chi connectivity index (χ1) is 21.5. The predicted molar refractivity (Wildman–Crippen MR) is 187 cm³/mol. The maximum absolute atomic E-state index is 12.9. The van der Waals surface area contributed by atoms with Gasteiger partial charge in [-0.1, -0.05) is 95.7 Å². The molecule has 0 saturated heterocycles. The third kappa shape index (κ3) is 10.1. The first-order valence-electron chi connectivity index (χ1n) is 16.0. The molecule has 1 aromatic heterocycles. The number of hydrogen-bond donors (Lipinski definition) is 2. The summed E-state index contributed by atoms with van der Waals surface area (Å²) in [4.78, 5) is 30.4. The van der Waals surface area contributed by atoms with E-state index in [9.17, 15) is 9.59 Å². The van der Waals surface area contributed by atoms with E-state index in [1.165, 1.54) is 68.0 Å². The summed E-state index contributed by atoms with van der Waals surface area (Å²) >= 11 is 2.95. The van der Waals surface area contributed by atoms with Crippen molar-refractivity contribution < 1.29 is 14.3 Å². The van der Waals surface area contributed by atoms with E-state index in [1.54, 1.807) is 12.1 Å². The number of aromatic nitrogens is 1. The van der Waals surface area contributed by atoms with Crippen LogP contribution < -0.4 is 15.4 Å². The van der Waals surface area contributed by atoms with Crippen molar-refractivity contribution in [3.8, 4) is 5.75 Å². The molecule has 234 valence electrons. The summed E-state index contributed by atoms with van der Waals surface area (Å²) < 4.78 is 7.65. The molecule has 3 aromatic carbocycles. The van der Waals surface area contributed by atoms with Crippen LogP contribution in [0, 0.1) is 0 Å². The maximum atomic E-state index is 12.9. The molecule has 6 nitrogen and oxygen atoms in total. The molecule has 1 heterocycles. The zero-order valence-corrected chi connectivity index (χ0v) is 27.9. The van der Waals surface area contributed by atoms with Gasteiger partial charge in [-0.05, 0) is 72.9 Å².